The average molecular weight is 436 g/mol. The molecule has 5 nitrogen and oxygen atoms in total. The van der Waals surface area contributed by atoms with Crippen LogP contribution in [0.3, 0.4) is 0 Å². The van der Waals surface area contributed by atoms with Gasteiger partial charge in [-0.25, -0.2) is 0 Å². The highest BCUT2D eigenvalue weighted by Gasteiger charge is 2.52. The number of hydrogen-bond acceptors (Lipinski definition) is 5. The third kappa shape index (κ3) is 4.35. The van der Waals surface area contributed by atoms with Crippen molar-refractivity contribution in [2.75, 3.05) is 14.2 Å². The number of benzene rings is 3. The minimum Gasteiger partial charge on any atom is -0.534 e. The summed E-state index contributed by atoms with van der Waals surface area (Å²) in [5, 5.41) is 21.9. The van der Waals surface area contributed by atoms with Crippen LogP contribution in [-0.2, 0) is 0 Å². The summed E-state index contributed by atoms with van der Waals surface area (Å²) in [5.41, 5.74) is 0.190. The van der Waals surface area contributed by atoms with E-state index >= 15 is 0 Å². The van der Waals surface area contributed by atoms with Crippen LogP contribution in [0.2, 0.25) is 5.04 Å². The van der Waals surface area contributed by atoms with Gasteiger partial charge < -0.3 is 23.9 Å². The first-order valence-electron chi connectivity index (χ1n) is 10.2. The first kappa shape index (κ1) is 22.9. The van der Waals surface area contributed by atoms with Gasteiger partial charge in [-0.3, -0.25) is 0 Å². The van der Waals surface area contributed by atoms with Crippen LogP contribution in [0, 0.1) is 0 Å². The van der Waals surface area contributed by atoms with Crippen molar-refractivity contribution < 1.29 is 23.9 Å². The van der Waals surface area contributed by atoms with Crippen LogP contribution in [0.25, 0.3) is 0 Å². The molecular formula is C24H29BO5Si. The maximum absolute atomic E-state index is 9.95. The van der Waals surface area contributed by atoms with Gasteiger partial charge in [-0.2, -0.15) is 0 Å². The van der Waals surface area contributed by atoms with Gasteiger partial charge in [-0.05, 0) is 21.5 Å². The first-order valence-corrected chi connectivity index (χ1v) is 12.1. The SMILES string of the molecule is COc1cc(O[Si](c2ccccc2)(c2ccccc2)C(C)(C)C)cc(B(O)O)c1OC. The van der Waals surface area contributed by atoms with E-state index in [0.29, 0.717) is 11.5 Å². The molecular weight excluding hydrogens is 407 g/mol. The van der Waals surface area contributed by atoms with Crippen LogP contribution < -0.4 is 29.7 Å². The zero-order valence-electron chi connectivity index (χ0n) is 18.6. The number of rotatable bonds is 7. The second-order valence-electron chi connectivity index (χ2n) is 8.39. The van der Waals surface area contributed by atoms with E-state index in [1.54, 1.807) is 12.1 Å². The summed E-state index contributed by atoms with van der Waals surface area (Å²) in [5.74, 6) is 1.14. The van der Waals surface area contributed by atoms with E-state index in [1.165, 1.54) is 14.2 Å². The molecule has 0 aliphatic carbocycles. The monoisotopic (exact) mass is 436 g/mol. The summed E-state index contributed by atoms with van der Waals surface area (Å²) in [6.07, 6.45) is 0. The zero-order chi connectivity index (χ0) is 22.6. The molecule has 7 heteroatoms. The fraction of sp³-hybridized carbons (Fsp3) is 0.250. The minimum absolute atomic E-state index is 0.190. The summed E-state index contributed by atoms with van der Waals surface area (Å²) in [6.45, 7) is 6.55. The van der Waals surface area contributed by atoms with E-state index in [4.69, 9.17) is 13.9 Å². The Morgan fingerprint density at radius 2 is 1.29 bits per heavy atom. The van der Waals surface area contributed by atoms with Crippen molar-refractivity contribution in [1.29, 1.82) is 0 Å². The zero-order valence-corrected chi connectivity index (χ0v) is 19.6. The maximum atomic E-state index is 9.95. The first-order chi connectivity index (χ1) is 14.7. The maximum Gasteiger partial charge on any atom is 0.492 e. The average Bonchev–Trinajstić information content (AvgIpc) is 2.77. The van der Waals surface area contributed by atoms with Gasteiger partial charge in [-0.1, -0.05) is 81.4 Å². The molecule has 31 heavy (non-hydrogen) atoms. The Morgan fingerprint density at radius 1 is 0.774 bits per heavy atom. The molecule has 0 amide bonds. The Morgan fingerprint density at radius 3 is 1.68 bits per heavy atom. The molecule has 2 N–H and O–H groups in total. The highest BCUT2D eigenvalue weighted by atomic mass is 28.4. The molecule has 0 aliphatic rings. The molecule has 0 aliphatic heterocycles. The van der Waals surface area contributed by atoms with E-state index in [9.17, 15) is 10.0 Å². The van der Waals surface area contributed by atoms with Gasteiger partial charge in [0, 0.05) is 11.5 Å². The molecule has 0 atom stereocenters. The molecule has 3 aromatic rings. The third-order valence-corrected chi connectivity index (χ3v) is 10.4. The number of methoxy groups -OCH3 is 2. The molecule has 0 saturated heterocycles. The second kappa shape index (κ2) is 9.18. The lowest BCUT2D eigenvalue weighted by molar-refractivity contribution is 0.352. The van der Waals surface area contributed by atoms with E-state index in [2.05, 4.69) is 45.0 Å². The lowest BCUT2D eigenvalue weighted by Gasteiger charge is -2.43. The van der Waals surface area contributed by atoms with Crippen LogP contribution in [0.15, 0.2) is 72.8 Å². The van der Waals surface area contributed by atoms with Crippen LogP contribution in [0.5, 0.6) is 17.2 Å². The van der Waals surface area contributed by atoms with Crippen molar-refractivity contribution in [3.63, 3.8) is 0 Å². The molecule has 0 fully saturated rings. The Bertz CT molecular complexity index is 964. The van der Waals surface area contributed by atoms with Crippen molar-refractivity contribution in [2.45, 2.75) is 25.8 Å². The van der Waals surface area contributed by atoms with Crippen LogP contribution in [0.4, 0.5) is 0 Å². The Kier molecular flexibility index (Phi) is 6.79. The normalized spacial score (nSPS) is 11.7. The van der Waals surface area contributed by atoms with E-state index in [0.717, 1.165) is 10.4 Å². The smallest absolute Gasteiger partial charge is 0.492 e. The minimum atomic E-state index is -2.87. The van der Waals surface area contributed by atoms with Gasteiger partial charge in [-0.15, -0.1) is 0 Å². The summed E-state index contributed by atoms with van der Waals surface area (Å²) >= 11 is 0. The summed E-state index contributed by atoms with van der Waals surface area (Å²) in [7, 11) is -1.62. The topological polar surface area (TPSA) is 68.2 Å². The Hall–Kier alpha value is -2.74. The standard InChI is InChI=1S/C24H29BO5Si/c1-24(2,3)31(19-12-8-6-9-13-19,20-14-10-7-11-15-20)30-18-16-21(25(26)27)23(29-5)22(17-18)28-4/h6-17,26-27H,1-5H3. The van der Waals surface area contributed by atoms with Crippen LogP contribution in [-0.4, -0.2) is 39.7 Å². The van der Waals surface area contributed by atoms with E-state index in [-0.39, 0.29) is 16.3 Å². The number of ether oxygens (including phenoxy) is 2. The van der Waals surface area contributed by atoms with E-state index < -0.39 is 15.4 Å². The van der Waals surface area contributed by atoms with Crippen LogP contribution in [0.1, 0.15) is 20.8 Å². The van der Waals surface area contributed by atoms with Gasteiger partial charge in [0.1, 0.15) is 5.75 Å². The number of hydrogen-bond donors (Lipinski definition) is 2. The van der Waals surface area contributed by atoms with Gasteiger partial charge in [0.25, 0.3) is 0 Å². The summed E-state index contributed by atoms with van der Waals surface area (Å²) in [6, 6.07) is 23.8. The van der Waals surface area contributed by atoms with Crippen LogP contribution >= 0.6 is 0 Å². The lowest BCUT2D eigenvalue weighted by atomic mass is 9.79. The molecule has 0 saturated carbocycles. The van der Waals surface area contributed by atoms with Crippen molar-refractivity contribution >= 4 is 31.3 Å². The third-order valence-electron chi connectivity index (χ3n) is 5.45. The predicted octanol–water partition coefficient (Wildman–Crippen LogP) is 2.32. The van der Waals surface area contributed by atoms with E-state index in [1.807, 2.05) is 36.4 Å². The van der Waals surface area contributed by atoms with Gasteiger partial charge in [0.15, 0.2) is 11.5 Å². The van der Waals surface area contributed by atoms with Crippen molar-refractivity contribution in [3.05, 3.63) is 72.8 Å². The van der Waals surface area contributed by atoms with Crippen molar-refractivity contribution in [2.24, 2.45) is 0 Å². The molecule has 0 aromatic heterocycles. The largest absolute Gasteiger partial charge is 0.534 e. The summed E-state index contributed by atoms with van der Waals surface area (Å²) < 4.78 is 17.8. The Labute approximate surface area is 185 Å². The van der Waals surface area contributed by atoms with Gasteiger partial charge in [0.2, 0.25) is 0 Å². The molecule has 3 aromatic carbocycles. The molecule has 162 valence electrons. The Balaban J connectivity index is 2.29. The summed E-state index contributed by atoms with van der Waals surface area (Å²) in [4.78, 5) is 0. The highest BCUT2D eigenvalue weighted by molar-refractivity contribution is 7.00. The molecule has 0 bridgehead atoms. The van der Waals surface area contributed by atoms with Crippen molar-refractivity contribution in [1.82, 2.24) is 0 Å². The quantitative estimate of drug-likeness (QED) is 0.557. The molecule has 0 heterocycles. The fourth-order valence-corrected chi connectivity index (χ4v) is 8.45. The predicted molar refractivity (Wildman–Crippen MR) is 128 cm³/mol. The molecule has 0 radical (unpaired) electrons. The molecule has 3 rings (SSSR count). The second-order valence-corrected chi connectivity index (χ2v) is 12.6. The van der Waals surface area contributed by atoms with Gasteiger partial charge >= 0.3 is 15.4 Å². The van der Waals surface area contributed by atoms with Gasteiger partial charge in [0.05, 0.1) is 14.2 Å². The lowest BCUT2D eigenvalue weighted by Crippen LogP contribution is -2.68. The molecule has 0 spiro atoms. The highest BCUT2D eigenvalue weighted by Crippen LogP contribution is 2.39. The fourth-order valence-electron chi connectivity index (χ4n) is 4.04. The molecule has 0 unspecified atom stereocenters. The van der Waals surface area contributed by atoms with Crippen molar-refractivity contribution in [3.8, 4) is 17.2 Å².